The molecule has 126 valence electrons. The van der Waals surface area contributed by atoms with Gasteiger partial charge in [-0.3, -0.25) is 9.59 Å². The Morgan fingerprint density at radius 3 is 1.87 bits per heavy atom. The van der Waals surface area contributed by atoms with E-state index in [2.05, 4.69) is 0 Å². The van der Waals surface area contributed by atoms with Crippen LogP contribution >= 0.6 is 0 Å². The van der Waals surface area contributed by atoms with Gasteiger partial charge in [0, 0.05) is 32.2 Å². The van der Waals surface area contributed by atoms with Gasteiger partial charge in [0.1, 0.15) is 11.7 Å². The molecule has 1 aromatic carbocycles. The molecular formula is C14H14F4N2O3. The molecule has 1 unspecified atom stereocenters. The fraction of sp³-hybridized carbons (Fsp3) is 0.429. The first kappa shape index (κ1) is 17.2. The minimum Gasteiger partial charge on any atom is -0.384 e. The molecule has 1 aliphatic heterocycles. The molecule has 1 aliphatic rings. The standard InChI is InChI=1S/C14H14F4N2O3/c1-7(21)13(22)19-2-4-20(5-3-19)14(23)10-11(17)8(15)6-9(16)12(10)18/h6-7,21H,2-5H2,1H3. The molecule has 1 saturated heterocycles. The lowest BCUT2D eigenvalue weighted by Gasteiger charge is -2.35. The molecule has 1 fully saturated rings. The van der Waals surface area contributed by atoms with Crippen LogP contribution in [-0.2, 0) is 4.79 Å². The summed E-state index contributed by atoms with van der Waals surface area (Å²) in [7, 11) is 0. The zero-order valence-corrected chi connectivity index (χ0v) is 12.2. The Balaban J connectivity index is 2.17. The van der Waals surface area contributed by atoms with Crippen molar-refractivity contribution in [1.29, 1.82) is 0 Å². The van der Waals surface area contributed by atoms with Crippen molar-refractivity contribution in [3.8, 4) is 0 Å². The summed E-state index contributed by atoms with van der Waals surface area (Å²) in [6, 6.07) is 0.0285. The lowest BCUT2D eigenvalue weighted by molar-refractivity contribution is -0.140. The number of hydrogen-bond acceptors (Lipinski definition) is 3. The second kappa shape index (κ2) is 6.53. The van der Waals surface area contributed by atoms with E-state index in [1.807, 2.05) is 0 Å². The number of aliphatic hydroxyl groups is 1. The maximum absolute atomic E-state index is 13.6. The number of amides is 2. The van der Waals surface area contributed by atoms with Crippen molar-refractivity contribution in [1.82, 2.24) is 9.80 Å². The second-order valence-electron chi connectivity index (χ2n) is 5.14. The van der Waals surface area contributed by atoms with Gasteiger partial charge in [0.2, 0.25) is 0 Å². The summed E-state index contributed by atoms with van der Waals surface area (Å²) in [5, 5.41) is 9.21. The molecule has 9 heteroatoms. The lowest BCUT2D eigenvalue weighted by atomic mass is 10.1. The first-order valence-electron chi connectivity index (χ1n) is 6.83. The highest BCUT2D eigenvalue weighted by Gasteiger charge is 2.31. The van der Waals surface area contributed by atoms with Gasteiger partial charge in [-0.2, -0.15) is 0 Å². The summed E-state index contributed by atoms with van der Waals surface area (Å²) >= 11 is 0. The van der Waals surface area contributed by atoms with Gasteiger partial charge >= 0.3 is 0 Å². The molecule has 1 aromatic rings. The number of halogens is 4. The van der Waals surface area contributed by atoms with Gasteiger partial charge in [0.15, 0.2) is 23.3 Å². The molecule has 0 aliphatic carbocycles. The van der Waals surface area contributed by atoms with Crippen LogP contribution in [0.25, 0.3) is 0 Å². The summed E-state index contributed by atoms with van der Waals surface area (Å²) in [4.78, 5) is 26.0. The van der Waals surface area contributed by atoms with Gasteiger partial charge in [-0.15, -0.1) is 0 Å². The highest BCUT2D eigenvalue weighted by atomic mass is 19.2. The summed E-state index contributed by atoms with van der Waals surface area (Å²) in [6.45, 7) is 1.22. The van der Waals surface area contributed by atoms with Crippen LogP contribution in [0.15, 0.2) is 6.07 Å². The Bertz CT molecular complexity index is 617. The zero-order valence-electron chi connectivity index (χ0n) is 12.2. The monoisotopic (exact) mass is 334 g/mol. The summed E-state index contributed by atoms with van der Waals surface area (Å²) < 4.78 is 53.6. The van der Waals surface area contributed by atoms with E-state index < -0.39 is 46.8 Å². The molecular weight excluding hydrogens is 320 g/mol. The van der Waals surface area contributed by atoms with E-state index in [1.54, 1.807) is 0 Å². The molecule has 23 heavy (non-hydrogen) atoms. The van der Waals surface area contributed by atoms with Crippen LogP contribution in [0.1, 0.15) is 17.3 Å². The molecule has 0 saturated carbocycles. The Morgan fingerprint density at radius 2 is 1.43 bits per heavy atom. The molecule has 1 heterocycles. The van der Waals surface area contributed by atoms with Crippen LogP contribution in [0.3, 0.4) is 0 Å². The average Bonchev–Trinajstić information content (AvgIpc) is 2.52. The average molecular weight is 334 g/mol. The molecule has 2 amide bonds. The number of piperazine rings is 1. The van der Waals surface area contributed by atoms with Crippen molar-refractivity contribution in [3.63, 3.8) is 0 Å². The largest absolute Gasteiger partial charge is 0.384 e. The number of carbonyl (C=O) groups is 2. The van der Waals surface area contributed by atoms with E-state index in [0.717, 1.165) is 4.90 Å². The van der Waals surface area contributed by atoms with Gasteiger partial charge in [0.05, 0.1) is 0 Å². The summed E-state index contributed by atoms with van der Waals surface area (Å²) in [5.41, 5.74) is -1.29. The van der Waals surface area contributed by atoms with Crippen molar-refractivity contribution >= 4 is 11.8 Å². The number of nitrogens with zero attached hydrogens (tertiary/aromatic N) is 2. The zero-order chi connectivity index (χ0) is 17.3. The fourth-order valence-electron chi connectivity index (χ4n) is 2.31. The normalized spacial score (nSPS) is 16.4. The molecule has 0 aromatic heterocycles. The highest BCUT2D eigenvalue weighted by molar-refractivity contribution is 5.95. The molecule has 0 radical (unpaired) electrons. The van der Waals surface area contributed by atoms with Crippen LogP contribution < -0.4 is 0 Å². The fourth-order valence-corrected chi connectivity index (χ4v) is 2.31. The Labute approximate surface area is 129 Å². The molecule has 5 nitrogen and oxygen atoms in total. The van der Waals surface area contributed by atoms with Crippen molar-refractivity contribution in [2.45, 2.75) is 13.0 Å². The maximum Gasteiger partial charge on any atom is 0.260 e. The smallest absolute Gasteiger partial charge is 0.260 e. The maximum atomic E-state index is 13.6. The van der Waals surface area contributed by atoms with Crippen LogP contribution in [0, 0.1) is 23.3 Å². The van der Waals surface area contributed by atoms with Crippen molar-refractivity contribution in [3.05, 3.63) is 34.9 Å². The van der Waals surface area contributed by atoms with Gasteiger partial charge in [-0.1, -0.05) is 0 Å². The number of rotatable bonds is 2. The highest BCUT2D eigenvalue weighted by Crippen LogP contribution is 2.21. The number of aliphatic hydroxyl groups excluding tert-OH is 1. The topological polar surface area (TPSA) is 60.9 Å². The van der Waals surface area contributed by atoms with Crippen molar-refractivity contribution in [2.24, 2.45) is 0 Å². The number of carbonyl (C=O) groups excluding carboxylic acids is 2. The minimum atomic E-state index is -1.75. The molecule has 0 bridgehead atoms. The van der Waals surface area contributed by atoms with Gasteiger partial charge in [0.25, 0.3) is 11.8 Å². The second-order valence-corrected chi connectivity index (χ2v) is 5.14. The van der Waals surface area contributed by atoms with E-state index in [0.29, 0.717) is 0 Å². The summed E-state index contributed by atoms with van der Waals surface area (Å²) in [6.07, 6.45) is -1.20. The predicted molar refractivity (Wildman–Crippen MR) is 70.4 cm³/mol. The third-order valence-electron chi connectivity index (χ3n) is 3.56. The molecule has 0 spiro atoms. The first-order valence-corrected chi connectivity index (χ1v) is 6.83. The van der Waals surface area contributed by atoms with E-state index in [1.165, 1.54) is 11.8 Å². The van der Waals surface area contributed by atoms with Crippen molar-refractivity contribution in [2.75, 3.05) is 26.2 Å². The third kappa shape index (κ3) is 3.29. The van der Waals surface area contributed by atoms with Crippen LogP contribution in [0.4, 0.5) is 17.6 Å². The Kier molecular flexibility index (Phi) is 4.88. The lowest BCUT2D eigenvalue weighted by Crippen LogP contribution is -2.52. The van der Waals surface area contributed by atoms with E-state index in [9.17, 15) is 32.3 Å². The Hall–Kier alpha value is -2.16. The van der Waals surface area contributed by atoms with Crippen LogP contribution in [0.2, 0.25) is 0 Å². The minimum absolute atomic E-state index is 0.0285. The Morgan fingerprint density at radius 1 is 1.00 bits per heavy atom. The van der Waals surface area contributed by atoms with Crippen molar-refractivity contribution < 1.29 is 32.3 Å². The number of benzene rings is 1. The number of hydrogen-bond donors (Lipinski definition) is 1. The van der Waals surface area contributed by atoms with E-state index in [-0.39, 0.29) is 32.2 Å². The van der Waals surface area contributed by atoms with Gasteiger partial charge < -0.3 is 14.9 Å². The van der Waals surface area contributed by atoms with E-state index >= 15 is 0 Å². The first-order chi connectivity index (χ1) is 10.7. The quantitative estimate of drug-likeness (QED) is 0.646. The van der Waals surface area contributed by atoms with Crippen LogP contribution in [0.5, 0.6) is 0 Å². The molecule has 1 N–H and O–H groups in total. The predicted octanol–water partition coefficient (Wildman–Crippen LogP) is 0.908. The van der Waals surface area contributed by atoms with E-state index in [4.69, 9.17) is 0 Å². The van der Waals surface area contributed by atoms with Gasteiger partial charge in [-0.25, -0.2) is 17.6 Å². The van der Waals surface area contributed by atoms with Gasteiger partial charge in [-0.05, 0) is 6.92 Å². The summed E-state index contributed by atoms with van der Waals surface area (Å²) in [5.74, 6) is -8.55. The third-order valence-corrected chi connectivity index (χ3v) is 3.56. The van der Waals surface area contributed by atoms with Crippen LogP contribution in [-0.4, -0.2) is 59.0 Å². The molecule has 1 atom stereocenters. The SMILES string of the molecule is CC(O)C(=O)N1CCN(C(=O)c2c(F)c(F)cc(F)c2F)CC1. The molecule has 2 rings (SSSR count).